The first-order chi connectivity index (χ1) is 6.75. The van der Waals surface area contributed by atoms with Gasteiger partial charge in [0.2, 0.25) is 5.95 Å². The van der Waals surface area contributed by atoms with Gasteiger partial charge in [0.25, 0.3) is 0 Å². The monoisotopic (exact) mass is 195 g/mol. The molecule has 76 valence electrons. The van der Waals surface area contributed by atoms with Gasteiger partial charge in [0, 0.05) is 18.9 Å². The van der Waals surface area contributed by atoms with E-state index in [1.165, 1.54) is 0 Å². The molecule has 3 nitrogen and oxygen atoms in total. The van der Waals surface area contributed by atoms with Crippen LogP contribution in [-0.4, -0.2) is 29.2 Å². The molecule has 1 aliphatic rings. The molecule has 0 aromatic carbocycles. The highest BCUT2D eigenvalue weighted by molar-refractivity contribution is 5.30. The first-order valence-electron chi connectivity index (χ1n) is 4.93. The molecule has 0 saturated carbocycles. The summed E-state index contributed by atoms with van der Waals surface area (Å²) in [6, 6.07) is 0. The number of rotatable bonds is 1. The first kappa shape index (κ1) is 9.37. The van der Waals surface area contributed by atoms with Crippen molar-refractivity contribution in [1.82, 2.24) is 9.97 Å². The third-order valence-electron chi connectivity index (χ3n) is 2.41. The molecule has 0 spiro atoms. The Labute approximate surface area is 83.0 Å². The quantitative estimate of drug-likeness (QED) is 0.683. The highest BCUT2D eigenvalue weighted by Crippen LogP contribution is 2.17. The van der Waals surface area contributed by atoms with E-state index in [2.05, 4.69) is 9.97 Å². The molecule has 1 atom stereocenters. The van der Waals surface area contributed by atoms with Gasteiger partial charge in [-0.25, -0.2) is 14.4 Å². The zero-order valence-electron chi connectivity index (χ0n) is 8.28. The summed E-state index contributed by atoms with van der Waals surface area (Å²) >= 11 is 0. The van der Waals surface area contributed by atoms with Gasteiger partial charge in [-0.05, 0) is 25.3 Å². The molecule has 2 rings (SSSR count). The van der Waals surface area contributed by atoms with Gasteiger partial charge in [-0.15, -0.1) is 0 Å². The van der Waals surface area contributed by atoms with Crippen LogP contribution in [0.5, 0.6) is 0 Å². The third-order valence-corrected chi connectivity index (χ3v) is 2.41. The van der Waals surface area contributed by atoms with E-state index in [0.717, 1.165) is 18.5 Å². The van der Waals surface area contributed by atoms with E-state index >= 15 is 0 Å². The van der Waals surface area contributed by atoms with E-state index in [1.54, 1.807) is 12.4 Å². The molecule has 1 aromatic heterocycles. The molecule has 0 aliphatic carbocycles. The number of halogens is 1. The Morgan fingerprint density at radius 1 is 1.43 bits per heavy atom. The smallest absolute Gasteiger partial charge is 0.225 e. The molecule has 1 fully saturated rings. The van der Waals surface area contributed by atoms with Gasteiger partial charge in [0.15, 0.2) is 0 Å². The predicted octanol–water partition coefficient (Wildman–Crippen LogP) is 1.72. The van der Waals surface area contributed by atoms with Crippen LogP contribution >= 0.6 is 0 Å². The molecule has 0 N–H and O–H groups in total. The number of piperidine rings is 1. The Hall–Kier alpha value is -1.19. The standard InChI is InChI=1S/C10H14FN3/c1-8-5-12-10(13-6-8)14-4-2-3-9(11)7-14/h5-6,9H,2-4,7H2,1H3. The number of aromatic nitrogens is 2. The average molecular weight is 195 g/mol. The van der Waals surface area contributed by atoms with Crippen molar-refractivity contribution >= 4 is 5.95 Å². The molecule has 2 heterocycles. The Bertz CT molecular complexity index is 299. The predicted molar refractivity (Wildman–Crippen MR) is 53.1 cm³/mol. The summed E-state index contributed by atoms with van der Waals surface area (Å²) in [5.41, 5.74) is 1.03. The molecule has 0 bridgehead atoms. The third kappa shape index (κ3) is 2.00. The summed E-state index contributed by atoms with van der Waals surface area (Å²) in [5, 5.41) is 0. The maximum Gasteiger partial charge on any atom is 0.225 e. The molecule has 0 radical (unpaired) electrons. The van der Waals surface area contributed by atoms with Crippen LogP contribution in [-0.2, 0) is 0 Å². The van der Waals surface area contributed by atoms with Crippen LogP contribution in [0.15, 0.2) is 12.4 Å². The number of alkyl halides is 1. The average Bonchev–Trinajstić information content (AvgIpc) is 2.19. The normalized spacial score (nSPS) is 22.4. The van der Waals surface area contributed by atoms with Gasteiger partial charge in [0.05, 0.1) is 6.54 Å². The summed E-state index contributed by atoms with van der Waals surface area (Å²) in [4.78, 5) is 10.3. The van der Waals surface area contributed by atoms with Gasteiger partial charge in [-0.2, -0.15) is 0 Å². The van der Waals surface area contributed by atoms with Crippen molar-refractivity contribution in [3.63, 3.8) is 0 Å². The lowest BCUT2D eigenvalue weighted by Gasteiger charge is -2.28. The zero-order valence-corrected chi connectivity index (χ0v) is 8.28. The fourth-order valence-corrected chi connectivity index (χ4v) is 1.66. The number of hydrogen-bond donors (Lipinski definition) is 0. The molecular weight excluding hydrogens is 181 g/mol. The van der Waals surface area contributed by atoms with Crippen molar-refractivity contribution in [2.24, 2.45) is 0 Å². The Morgan fingerprint density at radius 3 is 2.79 bits per heavy atom. The van der Waals surface area contributed by atoms with Gasteiger partial charge in [-0.3, -0.25) is 0 Å². The minimum atomic E-state index is -0.728. The second-order valence-corrected chi connectivity index (χ2v) is 3.75. The van der Waals surface area contributed by atoms with Crippen molar-refractivity contribution in [2.45, 2.75) is 25.9 Å². The highest BCUT2D eigenvalue weighted by Gasteiger charge is 2.20. The molecular formula is C10H14FN3. The van der Waals surface area contributed by atoms with Gasteiger partial charge < -0.3 is 4.90 Å². The van der Waals surface area contributed by atoms with Crippen LogP contribution < -0.4 is 4.90 Å². The SMILES string of the molecule is Cc1cnc(N2CCCC(F)C2)nc1. The molecule has 1 aromatic rings. The van der Waals surface area contributed by atoms with Crippen LogP contribution in [0.4, 0.5) is 10.3 Å². The molecule has 1 saturated heterocycles. The zero-order chi connectivity index (χ0) is 9.97. The summed E-state index contributed by atoms with van der Waals surface area (Å²) in [5.74, 6) is 0.651. The van der Waals surface area contributed by atoms with E-state index in [1.807, 2.05) is 11.8 Å². The van der Waals surface area contributed by atoms with Crippen LogP contribution in [0.1, 0.15) is 18.4 Å². The van der Waals surface area contributed by atoms with Crippen LogP contribution in [0.3, 0.4) is 0 Å². The maximum absolute atomic E-state index is 13.1. The van der Waals surface area contributed by atoms with E-state index in [4.69, 9.17) is 0 Å². The topological polar surface area (TPSA) is 29.0 Å². The lowest BCUT2D eigenvalue weighted by molar-refractivity contribution is 0.285. The largest absolute Gasteiger partial charge is 0.338 e. The van der Waals surface area contributed by atoms with E-state index in [0.29, 0.717) is 18.9 Å². The fraction of sp³-hybridized carbons (Fsp3) is 0.600. The van der Waals surface area contributed by atoms with E-state index < -0.39 is 6.17 Å². The van der Waals surface area contributed by atoms with Crippen molar-refractivity contribution in [2.75, 3.05) is 18.0 Å². The lowest BCUT2D eigenvalue weighted by Crippen LogP contribution is -2.37. The van der Waals surface area contributed by atoms with Gasteiger partial charge >= 0.3 is 0 Å². The van der Waals surface area contributed by atoms with Crippen molar-refractivity contribution in [1.29, 1.82) is 0 Å². The molecule has 4 heteroatoms. The van der Waals surface area contributed by atoms with Crippen molar-refractivity contribution < 1.29 is 4.39 Å². The Balaban J connectivity index is 2.10. The number of aryl methyl sites for hydroxylation is 1. The minimum absolute atomic E-state index is 0.434. The lowest BCUT2D eigenvalue weighted by atomic mass is 10.1. The van der Waals surface area contributed by atoms with Crippen molar-refractivity contribution in [3.05, 3.63) is 18.0 Å². The van der Waals surface area contributed by atoms with E-state index in [-0.39, 0.29) is 0 Å². The van der Waals surface area contributed by atoms with Crippen LogP contribution in [0.25, 0.3) is 0 Å². The number of nitrogens with zero attached hydrogens (tertiary/aromatic N) is 3. The summed E-state index contributed by atoms with van der Waals surface area (Å²) in [7, 11) is 0. The molecule has 1 aliphatic heterocycles. The van der Waals surface area contributed by atoms with Gasteiger partial charge in [-0.1, -0.05) is 0 Å². The number of hydrogen-bond acceptors (Lipinski definition) is 3. The van der Waals surface area contributed by atoms with Crippen LogP contribution in [0, 0.1) is 6.92 Å². The maximum atomic E-state index is 13.1. The second kappa shape index (κ2) is 3.90. The first-order valence-corrected chi connectivity index (χ1v) is 4.93. The second-order valence-electron chi connectivity index (χ2n) is 3.75. The summed E-state index contributed by atoms with van der Waals surface area (Å²) in [6.07, 6.45) is 4.36. The van der Waals surface area contributed by atoms with Crippen LogP contribution in [0.2, 0.25) is 0 Å². The Morgan fingerprint density at radius 2 is 2.14 bits per heavy atom. The summed E-state index contributed by atoms with van der Waals surface area (Å²) in [6.45, 7) is 3.24. The van der Waals surface area contributed by atoms with E-state index in [9.17, 15) is 4.39 Å². The summed E-state index contributed by atoms with van der Waals surface area (Å²) < 4.78 is 13.1. The molecule has 0 amide bonds. The highest BCUT2D eigenvalue weighted by atomic mass is 19.1. The van der Waals surface area contributed by atoms with Crippen molar-refractivity contribution in [3.8, 4) is 0 Å². The fourth-order valence-electron chi connectivity index (χ4n) is 1.66. The molecule has 1 unspecified atom stereocenters. The number of anilines is 1. The Kier molecular flexibility index (Phi) is 2.61. The minimum Gasteiger partial charge on any atom is -0.338 e. The molecule has 14 heavy (non-hydrogen) atoms. The van der Waals surface area contributed by atoms with Gasteiger partial charge in [0.1, 0.15) is 6.17 Å².